The molecule has 8 N–H and O–H groups in total. The van der Waals surface area contributed by atoms with E-state index in [1.165, 1.54) is 76.3 Å². The normalized spacial score (nSPS) is 12.2. The second-order valence-corrected chi connectivity index (χ2v) is 28.4. The van der Waals surface area contributed by atoms with Gasteiger partial charge in [-0.3, -0.25) is 37.5 Å². The Balaban J connectivity index is 0.000000696. The van der Waals surface area contributed by atoms with Gasteiger partial charge in [-0.25, -0.2) is 24.3 Å². The van der Waals surface area contributed by atoms with Crippen LogP contribution in [0.15, 0.2) is 211 Å². The fourth-order valence-corrected chi connectivity index (χ4v) is 11.8. The molecule has 12 aromatic rings. The van der Waals surface area contributed by atoms with Crippen molar-refractivity contribution in [2.45, 2.75) is 167 Å². The third-order valence-corrected chi connectivity index (χ3v) is 17.3. The van der Waals surface area contributed by atoms with Gasteiger partial charge in [0.2, 0.25) is 0 Å². The fraction of sp³-hybridized carbons (Fsp3) is 0.289. The molecule has 0 amide bonds. The summed E-state index contributed by atoms with van der Waals surface area (Å²) in [5, 5.41) is 68.5. The van der Waals surface area contributed by atoms with Crippen LogP contribution in [0, 0.1) is 81.0 Å². The van der Waals surface area contributed by atoms with Crippen LogP contribution in [0.4, 0.5) is 22.0 Å². The summed E-state index contributed by atoms with van der Waals surface area (Å²) in [6, 6.07) is 62.2. The van der Waals surface area contributed by atoms with Gasteiger partial charge in [-0.05, 0) is 208 Å². The second kappa shape index (κ2) is 57.0. The number of aromatic nitrogens is 8. The Morgan fingerprint density at radius 2 is 0.632 bits per heavy atom. The van der Waals surface area contributed by atoms with Gasteiger partial charge in [0.25, 0.3) is 0 Å². The van der Waals surface area contributed by atoms with Crippen LogP contribution in [0.5, 0.6) is 0 Å². The number of aliphatic hydroxyl groups excluding tert-OH is 8. The average molecular weight is 2350 g/mol. The summed E-state index contributed by atoms with van der Waals surface area (Å²) in [6.45, 7) is 21.4. The number of thioether (sulfide) groups is 2. The van der Waals surface area contributed by atoms with E-state index < -0.39 is 11.6 Å². The Morgan fingerprint density at radius 3 is 1.00 bits per heavy atom. The molecule has 117 heavy (non-hydrogen) atoms. The maximum atomic E-state index is 13.9. The van der Waals surface area contributed by atoms with E-state index in [1.54, 1.807) is 122 Å². The number of aryl methyl sites for hydroxylation is 4. The molecule has 8 unspecified atom stereocenters. The Hall–Kier alpha value is -7.29. The Bertz CT molecular complexity index is 4580. The molecule has 634 valence electrons. The zero-order valence-electron chi connectivity index (χ0n) is 67.2. The molecule has 0 saturated heterocycles. The first-order valence-corrected chi connectivity index (χ1v) is 38.7. The SMILES string of the molecule is CC(O)CC(C)O.CC(O)CC(C)O.CC(O)CC(C)O.CC(O)CC(C)O.CSc1cc[c-]c(-c2cc(-c3cccc(SC)c3)ncn2)c1.Cc1cccc(C)c1-c1cc(-c2[c-]cc(F)cc2)ncn1.Cc1cccc(C)c1-c1cc(-c2[c-]cc(F)cc2F)ncn1.Fc1c[c-]c(-c2cc(-c3ccc(F)cc3)ncn2)cc1.[Ir].[Ir].[Ir].[Ir]. The van der Waals surface area contributed by atoms with Gasteiger partial charge in [-0.1, -0.05) is 89.3 Å². The van der Waals surface area contributed by atoms with Crippen molar-refractivity contribution in [1.29, 1.82) is 0 Å². The van der Waals surface area contributed by atoms with E-state index in [0.717, 1.165) is 79.4 Å². The molecule has 4 aromatic heterocycles. The number of halogens is 5. The summed E-state index contributed by atoms with van der Waals surface area (Å²) in [7, 11) is 0. The molecule has 8 aromatic carbocycles. The summed E-state index contributed by atoms with van der Waals surface area (Å²) >= 11 is 3.45. The third kappa shape index (κ3) is 40.1. The van der Waals surface area contributed by atoms with Crippen molar-refractivity contribution in [3.05, 3.63) is 277 Å². The van der Waals surface area contributed by atoms with Crippen molar-refractivity contribution in [3.8, 4) is 90.1 Å². The van der Waals surface area contributed by atoms with Gasteiger partial charge in [0.1, 0.15) is 31.1 Å². The van der Waals surface area contributed by atoms with Crippen molar-refractivity contribution in [2.75, 3.05) is 12.5 Å². The Morgan fingerprint density at radius 1 is 0.308 bits per heavy atom. The molecule has 0 saturated carbocycles. The van der Waals surface area contributed by atoms with Crippen LogP contribution in [0.25, 0.3) is 90.1 Å². The first kappa shape index (κ1) is 108. The van der Waals surface area contributed by atoms with E-state index in [9.17, 15) is 22.0 Å². The first-order chi connectivity index (χ1) is 53.7. The summed E-state index contributed by atoms with van der Waals surface area (Å²) in [4.78, 5) is 36.5. The maximum absolute atomic E-state index is 13.9. The van der Waals surface area contributed by atoms with Crippen molar-refractivity contribution < 1.29 is 143 Å². The standard InChI is InChI=1S/C18H13F2N2.C18H14FN2.C18H15N2S2.C16H9F2N2.4C5H12O2.4Ir/c1-11-4-3-5-12(2)18(11)17-9-16(21-10-22-17)14-7-6-13(19)8-15(14)20;1-12-4-3-5-13(2)18(12)17-10-16(20-11-21-17)14-6-8-15(19)9-7-14;1-21-15-7-3-5-13(9-15)17-11-18(20-12-19-17)14-6-4-8-16(10-14)22-2;17-13-5-1-11(2-6-13)15-9-16(20-10-19-15)12-3-7-14(18)8-4-12;4*1-4(6)3-5(2)7;;;;/h3-6,8-10H,1-2H3;3-6,8-11H,1-2H3;3-5,7-12H,1-2H3;1-3,5-10H;4*4-7H,3H2,1-2H3;;;;/q4*-1;;;;;;;;. The minimum atomic E-state index is -0.689. The van der Waals surface area contributed by atoms with Crippen LogP contribution in [-0.2, 0) is 80.4 Å². The predicted octanol–water partition coefficient (Wildman–Crippen LogP) is 18.4. The van der Waals surface area contributed by atoms with Crippen molar-refractivity contribution >= 4 is 23.5 Å². The molecule has 8 atom stereocenters. The molecule has 0 aliphatic heterocycles. The van der Waals surface area contributed by atoms with Crippen LogP contribution in [0.1, 0.15) is 103 Å². The van der Waals surface area contributed by atoms with E-state index in [0.29, 0.717) is 54.0 Å². The number of nitrogens with zero attached hydrogens (tertiary/aromatic N) is 8. The van der Waals surface area contributed by atoms with Gasteiger partial charge in [0.15, 0.2) is 0 Å². The summed E-state index contributed by atoms with van der Waals surface area (Å²) in [6.07, 6.45) is 8.99. The molecule has 4 radical (unpaired) electrons. The summed E-state index contributed by atoms with van der Waals surface area (Å²) in [5.41, 5.74) is 16.9. The molecule has 0 spiro atoms. The van der Waals surface area contributed by atoms with Gasteiger partial charge in [0, 0.05) is 125 Å². The molecule has 12 rings (SSSR count). The van der Waals surface area contributed by atoms with Crippen LogP contribution in [0.2, 0.25) is 0 Å². The van der Waals surface area contributed by atoms with Gasteiger partial charge >= 0.3 is 0 Å². The van der Waals surface area contributed by atoms with Gasteiger partial charge in [-0.15, -0.1) is 125 Å². The first-order valence-electron chi connectivity index (χ1n) is 36.3. The molecule has 0 bridgehead atoms. The maximum Gasteiger partial charge on any atom is 0.123 e. The average Bonchev–Trinajstić information content (AvgIpc) is 1.70. The minimum Gasteiger partial charge on any atom is -0.393 e. The van der Waals surface area contributed by atoms with E-state index in [1.807, 2.05) is 56.3 Å². The van der Waals surface area contributed by atoms with Gasteiger partial charge in [-0.2, -0.15) is 0 Å². The van der Waals surface area contributed by atoms with Crippen LogP contribution < -0.4 is 0 Å². The van der Waals surface area contributed by atoms with Gasteiger partial charge < -0.3 is 40.9 Å². The van der Waals surface area contributed by atoms with E-state index in [4.69, 9.17) is 40.9 Å². The molecular weight excluding hydrogens is 2250 g/mol. The number of hydrogen-bond acceptors (Lipinski definition) is 18. The van der Waals surface area contributed by atoms with E-state index in [-0.39, 0.29) is 152 Å². The quantitative estimate of drug-likeness (QED) is 0.0225. The summed E-state index contributed by atoms with van der Waals surface area (Å²) < 4.78 is 65.7. The van der Waals surface area contributed by atoms with Crippen molar-refractivity contribution in [3.63, 3.8) is 0 Å². The van der Waals surface area contributed by atoms with E-state index >= 15 is 0 Å². The molecular formula is C90H99F5Ir4N8O8S2-4. The topological polar surface area (TPSA) is 265 Å². The minimum absolute atomic E-state index is 0. The molecule has 0 aliphatic carbocycles. The molecule has 16 nitrogen and oxygen atoms in total. The summed E-state index contributed by atoms with van der Waals surface area (Å²) in [5.74, 6) is -2.30. The zero-order chi connectivity index (χ0) is 83.3. The van der Waals surface area contributed by atoms with Crippen molar-refractivity contribution in [2.24, 2.45) is 0 Å². The van der Waals surface area contributed by atoms with E-state index in [2.05, 4.69) is 139 Å². The van der Waals surface area contributed by atoms with Crippen LogP contribution >= 0.6 is 23.5 Å². The smallest absolute Gasteiger partial charge is 0.123 e. The largest absolute Gasteiger partial charge is 0.393 e. The third-order valence-electron chi connectivity index (χ3n) is 15.9. The number of benzene rings is 8. The fourth-order valence-electron chi connectivity index (χ4n) is 10.9. The molecule has 27 heteroatoms. The Labute approximate surface area is 747 Å². The zero-order valence-corrected chi connectivity index (χ0v) is 78.4. The molecule has 0 aliphatic rings. The number of aliphatic hydroxyl groups is 8. The molecule has 4 heterocycles. The predicted molar refractivity (Wildman–Crippen MR) is 441 cm³/mol. The molecule has 0 fully saturated rings. The van der Waals surface area contributed by atoms with Crippen molar-refractivity contribution in [1.82, 2.24) is 39.9 Å². The number of rotatable bonds is 18. The monoisotopic (exact) mass is 2350 g/mol. The second-order valence-electron chi connectivity index (χ2n) is 26.7. The van der Waals surface area contributed by atoms with Crippen LogP contribution in [-0.4, -0.2) is 142 Å². The van der Waals surface area contributed by atoms with Gasteiger partial charge in [0.05, 0.1) is 71.6 Å². The number of hydrogen-bond donors (Lipinski definition) is 8. The van der Waals surface area contributed by atoms with Crippen LogP contribution in [0.3, 0.4) is 0 Å². The Kier molecular flexibility index (Phi) is 52.5.